The molecule has 0 radical (unpaired) electrons. The van der Waals surface area contributed by atoms with Crippen molar-refractivity contribution in [2.75, 3.05) is 24.7 Å². The Bertz CT molecular complexity index is 676. The zero-order valence-corrected chi connectivity index (χ0v) is 14.7. The van der Waals surface area contributed by atoms with Crippen LogP contribution in [0.1, 0.15) is 25.3 Å². The third-order valence-electron chi connectivity index (χ3n) is 3.99. The monoisotopic (exact) mass is 359 g/mol. The first-order chi connectivity index (χ1) is 11.1. The summed E-state index contributed by atoms with van der Waals surface area (Å²) in [4.78, 5) is 0. The van der Waals surface area contributed by atoms with Gasteiger partial charge in [0.15, 0.2) is 0 Å². The molecule has 0 atom stereocenters. The zero-order chi connectivity index (χ0) is 18.0. The maximum Gasteiger partial charge on any atom is 0.270 e. The van der Waals surface area contributed by atoms with Crippen LogP contribution in [0.4, 0.5) is 14.5 Å². The molecule has 0 saturated carbocycles. The van der Waals surface area contributed by atoms with Crippen LogP contribution in [0, 0.1) is 0 Å². The predicted octanol–water partition coefficient (Wildman–Crippen LogP) is 2.70. The van der Waals surface area contributed by atoms with E-state index in [0.29, 0.717) is 37.4 Å². The molecule has 1 aromatic rings. The Balaban J connectivity index is 1.84. The summed E-state index contributed by atoms with van der Waals surface area (Å²) in [5.41, 5.74) is 0.619. The summed E-state index contributed by atoms with van der Waals surface area (Å²) in [7, 11) is -3.14. The van der Waals surface area contributed by atoms with Crippen molar-refractivity contribution in [3.05, 3.63) is 42.2 Å². The van der Waals surface area contributed by atoms with Crippen molar-refractivity contribution < 1.29 is 17.2 Å². The molecule has 1 saturated heterocycles. The molecule has 0 amide bonds. The highest BCUT2D eigenvalue weighted by atomic mass is 32.2. The molecule has 1 aliphatic rings. The summed E-state index contributed by atoms with van der Waals surface area (Å²) in [6, 6.07) is 6.03. The average molecular weight is 359 g/mol. The molecule has 0 unspecified atom stereocenters. The SMILES string of the molecule is C=C(Nc1ccc(C(C)(F)F)cc1)NC1CCN(S(C)(=O)=O)CC1. The number of rotatable bonds is 6. The van der Waals surface area contributed by atoms with Crippen LogP contribution < -0.4 is 10.6 Å². The van der Waals surface area contributed by atoms with E-state index in [4.69, 9.17) is 0 Å². The summed E-state index contributed by atoms with van der Waals surface area (Å²) in [6.07, 6.45) is 2.59. The number of alkyl halides is 2. The smallest absolute Gasteiger partial charge is 0.270 e. The predicted molar refractivity (Wildman–Crippen MR) is 91.3 cm³/mol. The van der Waals surface area contributed by atoms with Crippen molar-refractivity contribution in [2.24, 2.45) is 0 Å². The van der Waals surface area contributed by atoms with Gasteiger partial charge >= 0.3 is 0 Å². The van der Waals surface area contributed by atoms with Gasteiger partial charge in [0.2, 0.25) is 10.0 Å². The highest BCUT2D eigenvalue weighted by molar-refractivity contribution is 7.88. The first-order valence-corrected chi connectivity index (χ1v) is 9.56. The zero-order valence-electron chi connectivity index (χ0n) is 13.9. The van der Waals surface area contributed by atoms with E-state index in [2.05, 4.69) is 17.2 Å². The number of hydrogen-bond acceptors (Lipinski definition) is 4. The van der Waals surface area contributed by atoms with E-state index in [-0.39, 0.29) is 11.6 Å². The lowest BCUT2D eigenvalue weighted by Crippen LogP contribution is -2.44. The number of halogens is 2. The summed E-state index contributed by atoms with van der Waals surface area (Å²) in [5, 5.41) is 6.24. The van der Waals surface area contributed by atoms with Crippen LogP contribution in [0.25, 0.3) is 0 Å². The molecule has 2 rings (SSSR count). The van der Waals surface area contributed by atoms with Crippen LogP contribution in [0.15, 0.2) is 36.7 Å². The number of hydrogen-bond donors (Lipinski definition) is 2. The van der Waals surface area contributed by atoms with Crippen molar-refractivity contribution in [3.8, 4) is 0 Å². The Morgan fingerprint density at radius 1 is 1.25 bits per heavy atom. The Morgan fingerprint density at radius 2 is 1.79 bits per heavy atom. The average Bonchev–Trinajstić information content (AvgIpc) is 2.46. The molecule has 8 heteroatoms. The lowest BCUT2D eigenvalue weighted by molar-refractivity contribution is 0.0175. The molecule has 1 aliphatic heterocycles. The quantitative estimate of drug-likeness (QED) is 0.820. The van der Waals surface area contributed by atoms with Gasteiger partial charge in [-0.15, -0.1) is 0 Å². The first kappa shape index (κ1) is 18.7. The Labute approximate surface area is 141 Å². The van der Waals surface area contributed by atoms with Gasteiger partial charge in [-0.25, -0.2) is 21.5 Å². The van der Waals surface area contributed by atoms with Crippen molar-refractivity contribution >= 4 is 15.7 Å². The third kappa shape index (κ3) is 5.17. The summed E-state index contributed by atoms with van der Waals surface area (Å²) in [6.45, 7) is 5.69. The van der Waals surface area contributed by atoms with E-state index < -0.39 is 15.9 Å². The van der Waals surface area contributed by atoms with Crippen molar-refractivity contribution in [1.82, 2.24) is 9.62 Å². The Hall–Kier alpha value is -1.67. The van der Waals surface area contributed by atoms with E-state index in [0.717, 1.165) is 6.92 Å². The molecule has 0 bridgehead atoms. The maximum absolute atomic E-state index is 13.2. The van der Waals surface area contributed by atoms with Crippen LogP contribution in [0.5, 0.6) is 0 Å². The molecule has 1 fully saturated rings. The van der Waals surface area contributed by atoms with Crippen LogP contribution in [0.2, 0.25) is 0 Å². The van der Waals surface area contributed by atoms with E-state index in [1.807, 2.05) is 0 Å². The number of piperidine rings is 1. The Kier molecular flexibility index (Phi) is 5.49. The molecule has 1 heterocycles. The van der Waals surface area contributed by atoms with Gasteiger partial charge < -0.3 is 10.6 Å². The van der Waals surface area contributed by atoms with E-state index >= 15 is 0 Å². The number of nitrogens with zero attached hydrogens (tertiary/aromatic N) is 1. The molecule has 1 aromatic carbocycles. The van der Waals surface area contributed by atoms with Gasteiger partial charge in [-0.3, -0.25) is 0 Å². The summed E-state index contributed by atoms with van der Waals surface area (Å²) < 4.78 is 50.8. The highest BCUT2D eigenvalue weighted by Crippen LogP contribution is 2.27. The minimum absolute atomic E-state index is 0.0419. The lowest BCUT2D eigenvalue weighted by atomic mass is 10.1. The minimum atomic E-state index is -3.14. The number of nitrogens with one attached hydrogen (secondary N) is 2. The molecule has 24 heavy (non-hydrogen) atoms. The van der Waals surface area contributed by atoms with Crippen LogP contribution in [-0.4, -0.2) is 38.1 Å². The molecule has 5 nitrogen and oxygen atoms in total. The largest absolute Gasteiger partial charge is 0.369 e. The van der Waals surface area contributed by atoms with Gasteiger partial charge in [0.25, 0.3) is 5.92 Å². The van der Waals surface area contributed by atoms with Gasteiger partial charge in [0, 0.05) is 37.3 Å². The van der Waals surface area contributed by atoms with Crippen LogP contribution in [0.3, 0.4) is 0 Å². The van der Waals surface area contributed by atoms with Crippen LogP contribution in [-0.2, 0) is 15.9 Å². The second-order valence-electron chi connectivity index (χ2n) is 6.15. The summed E-state index contributed by atoms with van der Waals surface area (Å²) in [5.74, 6) is -2.30. The van der Waals surface area contributed by atoms with Gasteiger partial charge in [0.05, 0.1) is 12.1 Å². The van der Waals surface area contributed by atoms with Crippen molar-refractivity contribution in [3.63, 3.8) is 0 Å². The van der Waals surface area contributed by atoms with Gasteiger partial charge in [0.1, 0.15) is 0 Å². The molecule has 0 aromatic heterocycles. The molecule has 0 aliphatic carbocycles. The van der Waals surface area contributed by atoms with Crippen LogP contribution >= 0.6 is 0 Å². The topological polar surface area (TPSA) is 61.4 Å². The standard InChI is InChI=1S/C16H23F2N3O2S/c1-12(19-14-6-4-13(5-7-14)16(2,17)18)20-15-8-10-21(11-9-15)24(3,22)23/h4-7,15,19-20H,1,8-11H2,2-3H3. The molecule has 2 N–H and O–H groups in total. The highest BCUT2D eigenvalue weighted by Gasteiger charge is 2.25. The molecule has 134 valence electrons. The molecular weight excluding hydrogens is 336 g/mol. The maximum atomic E-state index is 13.2. The second-order valence-corrected chi connectivity index (χ2v) is 8.13. The normalized spacial score (nSPS) is 17.5. The van der Waals surface area contributed by atoms with Crippen molar-refractivity contribution in [1.29, 1.82) is 0 Å². The fraction of sp³-hybridized carbons (Fsp3) is 0.500. The number of sulfonamides is 1. The fourth-order valence-electron chi connectivity index (χ4n) is 2.63. The molecular formula is C16H23F2N3O2S. The lowest BCUT2D eigenvalue weighted by Gasteiger charge is -2.31. The fourth-order valence-corrected chi connectivity index (χ4v) is 3.51. The van der Waals surface area contributed by atoms with Gasteiger partial charge in [-0.1, -0.05) is 18.7 Å². The van der Waals surface area contributed by atoms with E-state index in [1.165, 1.54) is 22.7 Å². The minimum Gasteiger partial charge on any atom is -0.369 e. The third-order valence-corrected chi connectivity index (χ3v) is 5.29. The first-order valence-electron chi connectivity index (χ1n) is 7.71. The number of anilines is 1. The van der Waals surface area contributed by atoms with Gasteiger partial charge in [-0.05, 0) is 25.0 Å². The van der Waals surface area contributed by atoms with Gasteiger partial charge in [-0.2, -0.15) is 0 Å². The summed E-state index contributed by atoms with van der Waals surface area (Å²) >= 11 is 0. The van der Waals surface area contributed by atoms with E-state index in [1.54, 1.807) is 12.1 Å². The Morgan fingerprint density at radius 3 is 2.25 bits per heavy atom. The number of benzene rings is 1. The van der Waals surface area contributed by atoms with Crippen molar-refractivity contribution in [2.45, 2.75) is 31.7 Å². The molecule has 0 spiro atoms. The second kappa shape index (κ2) is 7.06. The van der Waals surface area contributed by atoms with E-state index in [9.17, 15) is 17.2 Å².